The first kappa shape index (κ1) is 16.7. The molecular formula is C17H28N2OS. The molecule has 1 aromatic rings. The van der Waals surface area contributed by atoms with Gasteiger partial charge in [0.15, 0.2) is 0 Å². The van der Waals surface area contributed by atoms with E-state index >= 15 is 0 Å². The smallest absolute Gasteiger partial charge is 0.119 e. The topological polar surface area (TPSA) is 38.5 Å². The van der Waals surface area contributed by atoms with Gasteiger partial charge in [0, 0.05) is 36.7 Å². The molecule has 0 saturated carbocycles. The highest BCUT2D eigenvalue weighted by Crippen LogP contribution is 2.29. The van der Waals surface area contributed by atoms with Gasteiger partial charge in [0.2, 0.25) is 0 Å². The second-order valence-electron chi connectivity index (χ2n) is 5.56. The maximum Gasteiger partial charge on any atom is 0.119 e. The Kier molecular flexibility index (Phi) is 6.87. The van der Waals surface area contributed by atoms with Crippen molar-refractivity contribution in [1.29, 1.82) is 0 Å². The molecule has 0 radical (unpaired) electrons. The molecular weight excluding hydrogens is 280 g/mol. The number of thioether (sulfide) groups is 1. The molecule has 118 valence electrons. The standard InChI is InChI=1S/C17H28N2OS/c1-3-10-20-15-7-5-14(6-8-15)17(12-18)19-9-11-21-16(4-2)13-19/h5-8,16-17H,3-4,9-13,18H2,1-2H3. The van der Waals surface area contributed by atoms with Crippen LogP contribution in [-0.2, 0) is 0 Å². The van der Waals surface area contributed by atoms with E-state index in [0.29, 0.717) is 12.6 Å². The number of hydrogen-bond acceptors (Lipinski definition) is 4. The molecule has 1 aromatic carbocycles. The molecule has 3 nitrogen and oxygen atoms in total. The van der Waals surface area contributed by atoms with Crippen molar-refractivity contribution in [1.82, 2.24) is 4.90 Å². The third-order valence-corrected chi connectivity index (χ3v) is 5.40. The van der Waals surface area contributed by atoms with Crippen molar-refractivity contribution in [3.63, 3.8) is 0 Å². The lowest BCUT2D eigenvalue weighted by atomic mass is 10.0. The van der Waals surface area contributed by atoms with Crippen LogP contribution >= 0.6 is 11.8 Å². The van der Waals surface area contributed by atoms with Gasteiger partial charge in [0.1, 0.15) is 5.75 Å². The molecule has 1 aliphatic heterocycles. The van der Waals surface area contributed by atoms with Gasteiger partial charge in [-0.15, -0.1) is 0 Å². The number of nitrogens with two attached hydrogens (primary N) is 1. The zero-order valence-corrected chi connectivity index (χ0v) is 14.1. The van der Waals surface area contributed by atoms with Gasteiger partial charge < -0.3 is 10.5 Å². The molecule has 1 heterocycles. The lowest BCUT2D eigenvalue weighted by molar-refractivity contribution is 0.207. The summed E-state index contributed by atoms with van der Waals surface area (Å²) in [5.41, 5.74) is 7.37. The number of rotatable bonds is 7. The van der Waals surface area contributed by atoms with Crippen molar-refractivity contribution < 1.29 is 4.74 Å². The van der Waals surface area contributed by atoms with E-state index in [-0.39, 0.29) is 0 Å². The van der Waals surface area contributed by atoms with Crippen molar-refractivity contribution in [3.05, 3.63) is 29.8 Å². The fourth-order valence-electron chi connectivity index (χ4n) is 2.77. The number of hydrogen-bond donors (Lipinski definition) is 1. The highest BCUT2D eigenvalue weighted by Gasteiger charge is 2.25. The van der Waals surface area contributed by atoms with Crippen LogP contribution in [0.3, 0.4) is 0 Å². The molecule has 2 N–H and O–H groups in total. The summed E-state index contributed by atoms with van der Waals surface area (Å²) in [4.78, 5) is 2.55. The van der Waals surface area contributed by atoms with Gasteiger partial charge in [-0.2, -0.15) is 11.8 Å². The summed E-state index contributed by atoms with van der Waals surface area (Å²) in [5.74, 6) is 2.17. The Morgan fingerprint density at radius 3 is 2.71 bits per heavy atom. The monoisotopic (exact) mass is 308 g/mol. The summed E-state index contributed by atoms with van der Waals surface area (Å²) in [6.07, 6.45) is 2.28. The fourth-order valence-corrected chi connectivity index (χ4v) is 3.98. The molecule has 1 fully saturated rings. The molecule has 2 rings (SSSR count). The minimum atomic E-state index is 0.333. The first-order chi connectivity index (χ1) is 10.3. The number of benzene rings is 1. The fraction of sp³-hybridized carbons (Fsp3) is 0.647. The Morgan fingerprint density at radius 2 is 2.10 bits per heavy atom. The van der Waals surface area contributed by atoms with E-state index in [9.17, 15) is 0 Å². The average Bonchev–Trinajstić information content (AvgIpc) is 2.55. The summed E-state index contributed by atoms with van der Waals surface area (Å²) in [5, 5.41) is 0.750. The molecule has 0 aliphatic carbocycles. The van der Waals surface area contributed by atoms with E-state index in [1.807, 2.05) is 0 Å². The van der Waals surface area contributed by atoms with Gasteiger partial charge in [-0.05, 0) is 30.5 Å². The van der Waals surface area contributed by atoms with Gasteiger partial charge in [-0.3, -0.25) is 4.90 Å². The largest absolute Gasteiger partial charge is 0.494 e. The van der Waals surface area contributed by atoms with Crippen molar-refractivity contribution in [3.8, 4) is 5.75 Å². The Morgan fingerprint density at radius 1 is 1.33 bits per heavy atom. The van der Waals surface area contributed by atoms with Gasteiger partial charge >= 0.3 is 0 Å². The second kappa shape index (κ2) is 8.66. The molecule has 4 heteroatoms. The predicted molar refractivity (Wildman–Crippen MR) is 92.1 cm³/mol. The molecule has 0 amide bonds. The van der Waals surface area contributed by atoms with E-state index < -0.39 is 0 Å². The Balaban J connectivity index is 2.02. The molecule has 0 aromatic heterocycles. The molecule has 1 saturated heterocycles. The summed E-state index contributed by atoms with van der Waals surface area (Å²) in [7, 11) is 0. The van der Waals surface area contributed by atoms with Crippen LogP contribution in [0, 0.1) is 0 Å². The molecule has 1 aliphatic rings. The Labute approximate surface area is 133 Å². The first-order valence-electron chi connectivity index (χ1n) is 8.07. The third kappa shape index (κ3) is 4.63. The lowest BCUT2D eigenvalue weighted by Crippen LogP contribution is -2.42. The van der Waals surface area contributed by atoms with Crippen LogP contribution in [0.15, 0.2) is 24.3 Å². The van der Waals surface area contributed by atoms with Crippen LogP contribution < -0.4 is 10.5 Å². The minimum absolute atomic E-state index is 0.333. The second-order valence-corrected chi connectivity index (χ2v) is 6.97. The molecule has 0 spiro atoms. The summed E-state index contributed by atoms with van der Waals surface area (Å²) >= 11 is 2.10. The normalized spacial score (nSPS) is 21.2. The van der Waals surface area contributed by atoms with E-state index in [1.54, 1.807) is 0 Å². The van der Waals surface area contributed by atoms with Crippen molar-refractivity contribution in [2.75, 3.05) is 32.0 Å². The highest BCUT2D eigenvalue weighted by atomic mass is 32.2. The SMILES string of the molecule is CCCOc1ccc(C(CN)N2CCSC(CC)C2)cc1. The van der Waals surface area contributed by atoms with Gasteiger partial charge in [0.25, 0.3) is 0 Å². The minimum Gasteiger partial charge on any atom is -0.494 e. The van der Waals surface area contributed by atoms with Gasteiger partial charge in [-0.1, -0.05) is 26.0 Å². The summed E-state index contributed by atoms with van der Waals surface area (Å²) < 4.78 is 5.66. The molecule has 2 atom stereocenters. The number of nitrogens with zero attached hydrogens (tertiary/aromatic N) is 1. The van der Waals surface area contributed by atoms with Gasteiger partial charge in [0.05, 0.1) is 6.61 Å². The quantitative estimate of drug-likeness (QED) is 0.839. The zero-order chi connectivity index (χ0) is 15.1. The van der Waals surface area contributed by atoms with Crippen LogP contribution in [0.4, 0.5) is 0 Å². The van der Waals surface area contributed by atoms with Crippen LogP contribution in [-0.4, -0.2) is 42.1 Å². The summed E-state index contributed by atoms with van der Waals surface area (Å²) in [6.45, 7) is 8.14. The van der Waals surface area contributed by atoms with Crippen LogP contribution in [0.5, 0.6) is 5.75 Å². The molecule has 0 bridgehead atoms. The first-order valence-corrected chi connectivity index (χ1v) is 9.11. The van der Waals surface area contributed by atoms with Crippen molar-refractivity contribution >= 4 is 11.8 Å². The summed E-state index contributed by atoms with van der Waals surface area (Å²) in [6, 6.07) is 8.82. The van der Waals surface area contributed by atoms with E-state index in [4.69, 9.17) is 10.5 Å². The zero-order valence-electron chi connectivity index (χ0n) is 13.3. The highest BCUT2D eigenvalue weighted by molar-refractivity contribution is 8.00. The van der Waals surface area contributed by atoms with E-state index in [0.717, 1.165) is 37.1 Å². The van der Waals surface area contributed by atoms with Crippen LogP contribution in [0.2, 0.25) is 0 Å². The number of ether oxygens (including phenoxy) is 1. The maximum atomic E-state index is 6.06. The van der Waals surface area contributed by atoms with Crippen molar-refractivity contribution in [2.45, 2.75) is 38.0 Å². The third-order valence-electron chi connectivity index (χ3n) is 4.03. The van der Waals surface area contributed by atoms with Crippen LogP contribution in [0.1, 0.15) is 38.3 Å². The molecule has 21 heavy (non-hydrogen) atoms. The average molecular weight is 308 g/mol. The van der Waals surface area contributed by atoms with Gasteiger partial charge in [-0.25, -0.2) is 0 Å². The lowest BCUT2D eigenvalue weighted by Gasteiger charge is -2.37. The Hall–Kier alpha value is -0.710. The van der Waals surface area contributed by atoms with E-state index in [2.05, 4.69) is 54.8 Å². The predicted octanol–water partition coefficient (Wildman–Crippen LogP) is 3.30. The Bertz CT molecular complexity index is 410. The van der Waals surface area contributed by atoms with E-state index in [1.165, 1.54) is 17.7 Å². The maximum absolute atomic E-state index is 6.06. The van der Waals surface area contributed by atoms with Crippen LogP contribution in [0.25, 0.3) is 0 Å². The van der Waals surface area contributed by atoms with Crippen molar-refractivity contribution in [2.24, 2.45) is 5.73 Å². The molecule has 2 unspecified atom stereocenters.